The Balaban J connectivity index is 1.53. The van der Waals surface area contributed by atoms with E-state index in [1.807, 2.05) is 32.0 Å². The molecule has 1 fully saturated rings. The summed E-state index contributed by atoms with van der Waals surface area (Å²) in [5.41, 5.74) is 2.20. The summed E-state index contributed by atoms with van der Waals surface area (Å²) in [5.74, 6) is 1.04. The van der Waals surface area contributed by atoms with Crippen LogP contribution in [-0.2, 0) is 4.79 Å². The van der Waals surface area contributed by atoms with Crippen LogP contribution in [0.25, 0.3) is 0 Å². The van der Waals surface area contributed by atoms with Crippen LogP contribution in [0.3, 0.4) is 0 Å². The smallest absolute Gasteiger partial charge is 0.264 e. The topological polar surface area (TPSA) is 64.1 Å². The molecular formula is C18H23N3O2S. The number of aryl methyl sites for hydroxylation is 1. The molecule has 6 heteroatoms. The molecule has 1 N–H and O–H groups in total. The maximum atomic E-state index is 12.1. The highest BCUT2D eigenvalue weighted by Crippen LogP contribution is 2.35. The van der Waals surface area contributed by atoms with E-state index in [4.69, 9.17) is 4.74 Å². The van der Waals surface area contributed by atoms with Crippen molar-refractivity contribution in [1.82, 2.24) is 10.2 Å². The molecule has 1 saturated carbocycles. The lowest BCUT2D eigenvalue weighted by Crippen LogP contribution is -2.20. The Labute approximate surface area is 146 Å². The Bertz CT molecular complexity index is 708. The second kappa shape index (κ2) is 7.75. The minimum atomic E-state index is -0.206. The molecule has 128 valence electrons. The van der Waals surface area contributed by atoms with Gasteiger partial charge in [0.05, 0.1) is 0 Å². The van der Waals surface area contributed by atoms with Crippen LogP contribution in [-0.4, -0.2) is 22.7 Å². The van der Waals surface area contributed by atoms with Crippen LogP contribution in [0, 0.1) is 13.8 Å². The lowest BCUT2D eigenvalue weighted by atomic mass is 9.90. The zero-order valence-electron chi connectivity index (χ0n) is 14.2. The summed E-state index contributed by atoms with van der Waals surface area (Å²) in [4.78, 5) is 12.1. The largest absolute Gasteiger partial charge is 0.483 e. The molecule has 1 aromatic heterocycles. The second-order valence-corrected chi connectivity index (χ2v) is 7.32. The number of anilines is 1. The molecule has 0 aliphatic heterocycles. The second-order valence-electron chi connectivity index (χ2n) is 6.32. The third-order valence-corrected chi connectivity index (χ3v) is 5.56. The normalized spacial score (nSPS) is 15.2. The lowest BCUT2D eigenvalue weighted by molar-refractivity contribution is -0.118. The van der Waals surface area contributed by atoms with E-state index in [2.05, 4.69) is 15.5 Å². The molecule has 1 heterocycles. The molecule has 1 aromatic carbocycles. The maximum absolute atomic E-state index is 12.1. The van der Waals surface area contributed by atoms with E-state index in [0.29, 0.717) is 11.0 Å². The van der Waals surface area contributed by atoms with Gasteiger partial charge in [-0.3, -0.25) is 10.1 Å². The maximum Gasteiger partial charge on any atom is 0.264 e. The van der Waals surface area contributed by atoms with E-state index in [1.165, 1.54) is 43.4 Å². The number of hydrogen-bond acceptors (Lipinski definition) is 5. The fourth-order valence-electron chi connectivity index (χ4n) is 2.98. The van der Waals surface area contributed by atoms with Crippen molar-refractivity contribution >= 4 is 22.4 Å². The number of amides is 1. The van der Waals surface area contributed by atoms with E-state index in [9.17, 15) is 4.79 Å². The first-order chi connectivity index (χ1) is 11.6. The van der Waals surface area contributed by atoms with Crippen molar-refractivity contribution in [2.45, 2.75) is 51.9 Å². The van der Waals surface area contributed by atoms with E-state index in [-0.39, 0.29) is 12.5 Å². The van der Waals surface area contributed by atoms with Crippen molar-refractivity contribution in [1.29, 1.82) is 0 Å². The van der Waals surface area contributed by atoms with Crippen LogP contribution in [0.2, 0.25) is 0 Å². The van der Waals surface area contributed by atoms with Crippen LogP contribution in [0.15, 0.2) is 18.2 Å². The van der Waals surface area contributed by atoms with Crippen LogP contribution in [0.4, 0.5) is 5.13 Å². The van der Waals surface area contributed by atoms with Gasteiger partial charge in [-0.1, -0.05) is 42.7 Å². The number of benzene rings is 1. The molecule has 1 amide bonds. The average molecular weight is 345 g/mol. The standard InChI is InChI=1S/C18H23N3O2S/c1-12-7-6-10-15(13(12)2)23-11-16(22)19-18-21-20-17(24-18)14-8-4-3-5-9-14/h6-7,10,14H,3-5,8-9,11H2,1-2H3,(H,19,21,22). The molecule has 0 unspecified atom stereocenters. The molecule has 3 rings (SSSR count). The number of hydrogen-bond donors (Lipinski definition) is 1. The number of rotatable bonds is 5. The van der Waals surface area contributed by atoms with Crippen molar-refractivity contribution < 1.29 is 9.53 Å². The van der Waals surface area contributed by atoms with Crippen molar-refractivity contribution in [2.75, 3.05) is 11.9 Å². The SMILES string of the molecule is Cc1cccc(OCC(=O)Nc2nnc(C3CCCCC3)s2)c1C. The lowest BCUT2D eigenvalue weighted by Gasteiger charge is -2.18. The summed E-state index contributed by atoms with van der Waals surface area (Å²) in [7, 11) is 0. The number of nitrogens with one attached hydrogen (secondary N) is 1. The Morgan fingerprint density at radius 3 is 2.83 bits per heavy atom. The summed E-state index contributed by atoms with van der Waals surface area (Å²) in [6.45, 7) is 3.99. The molecule has 5 nitrogen and oxygen atoms in total. The van der Waals surface area contributed by atoms with Gasteiger partial charge in [0.15, 0.2) is 6.61 Å². The summed E-state index contributed by atoms with van der Waals surface area (Å²) < 4.78 is 5.62. The first kappa shape index (κ1) is 16.9. The molecule has 1 aliphatic rings. The summed E-state index contributed by atoms with van der Waals surface area (Å²) in [6.07, 6.45) is 6.19. The number of carbonyl (C=O) groups is 1. The van der Waals surface area contributed by atoms with E-state index >= 15 is 0 Å². The van der Waals surface area contributed by atoms with Crippen LogP contribution in [0.5, 0.6) is 5.75 Å². The summed E-state index contributed by atoms with van der Waals surface area (Å²) in [6, 6.07) is 5.83. The van der Waals surface area contributed by atoms with E-state index in [0.717, 1.165) is 21.9 Å². The molecule has 2 aromatic rings. The summed E-state index contributed by atoms with van der Waals surface area (Å²) >= 11 is 1.49. The Morgan fingerprint density at radius 1 is 1.25 bits per heavy atom. The highest BCUT2D eigenvalue weighted by atomic mass is 32.1. The number of carbonyl (C=O) groups excluding carboxylic acids is 1. The molecule has 0 bridgehead atoms. The van der Waals surface area contributed by atoms with Gasteiger partial charge in [-0.25, -0.2) is 0 Å². The number of aromatic nitrogens is 2. The predicted molar refractivity (Wildman–Crippen MR) is 95.8 cm³/mol. The van der Waals surface area contributed by atoms with Gasteiger partial charge in [-0.05, 0) is 43.9 Å². The van der Waals surface area contributed by atoms with Gasteiger partial charge in [0.2, 0.25) is 5.13 Å². The Kier molecular flexibility index (Phi) is 5.45. The first-order valence-electron chi connectivity index (χ1n) is 8.46. The van der Waals surface area contributed by atoms with Crippen LogP contribution >= 0.6 is 11.3 Å². The molecule has 0 atom stereocenters. The zero-order valence-corrected chi connectivity index (χ0v) is 15.0. The molecule has 0 spiro atoms. The molecule has 1 aliphatic carbocycles. The van der Waals surface area contributed by atoms with Crippen molar-refractivity contribution in [3.8, 4) is 5.75 Å². The minimum absolute atomic E-state index is 0.0252. The molecule has 0 radical (unpaired) electrons. The third-order valence-electron chi connectivity index (χ3n) is 4.56. The van der Waals surface area contributed by atoms with Gasteiger partial charge in [-0.15, -0.1) is 10.2 Å². The van der Waals surface area contributed by atoms with Gasteiger partial charge in [-0.2, -0.15) is 0 Å². The molecular weight excluding hydrogens is 322 g/mol. The molecule has 0 saturated heterocycles. The van der Waals surface area contributed by atoms with Gasteiger partial charge < -0.3 is 4.74 Å². The highest BCUT2D eigenvalue weighted by Gasteiger charge is 2.20. The fraction of sp³-hybridized carbons (Fsp3) is 0.500. The van der Waals surface area contributed by atoms with Crippen LogP contribution in [0.1, 0.15) is 54.2 Å². The van der Waals surface area contributed by atoms with Crippen molar-refractivity contribution in [2.24, 2.45) is 0 Å². The number of ether oxygens (including phenoxy) is 1. The Hall–Kier alpha value is -1.95. The van der Waals surface area contributed by atoms with Crippen molar-refractivity contribution in [3.63, 3.8) is 0 Å². The zero-order chi connectivity index (χ0) is 16.9. The first-order valence-corrected chi connectivity index (χ1v) is 9.27. The van der Waals surface area contributed by atoms with Crippen LogP contribution < -0.4 is 10.1 Å². The van der Waals surface area contributed by atoms with Gasteiger partial charge in [0.1, 0.15) is 10.8 Å². The minimum Gasteiger partial charge on any atom is -0.483 e. The monoisotopic (exact) mass is 345 g/mol. The fourth-order valence-corrected chi connectivity index (χ4v) is 3.91. The quantitative estimate of drug-likeness (QED) is 0.881. The van der Waals surface area contributed by atoms with E-state index in [1.54, 1.807) is 0 Å². The Morgan fingerprint density at radius 2 is 2.04 bits per heavy atom. The third kappa shape index (κ3) is 4.12. The molecule has 24 heavy (non-hydrogen) atoms. The summed E-state index contributed by atoms with van der Waals surface area (Å²) in [5, 5.41) is 12.7. The average Bonchev–Trinajstić information content (AvgIpc) is 3.05. The van der Waals surface area contributed by atoms with Gasteiger partial charge in [0, 0.05) is 5.92 Å². The predicted octanol–water partition coefficient (Wildman–Crippen LogP) is 4.22. The van der Waals surface area contributed by atoms with Crippen molar-refractivity contribution in [3.05, 3.63) is 34.3 Å². The van der Waals surface area contributed by atoms with Gasteiger partial charge >= 0.3 is 0 Å². The highest BCUT2D eigenvalue weighted by molar-refractivity contribution is 7.15. The number of nitrogens with zero attached hydrogens (tertiary/aromatic N) is 2. The van der Waals surface area contributed by atoms with E-state index < -0.39 is 0 Å². The van der Waals surface area contributed by atoms with Gasteiger partial charge in [0.25, 0.3) is 5.91 Å².